The Kier molecular flexibility index (Phi) is 6.42. The van der Waals surface area contributed by atoms with Crippen molar-refractivity contribution in [1.29, 1.82) is 0 Å². The molecule has 1 amide bonds. The molecule has 0 aliphatic rings. The third-order valence-electron chi connectivity index (χ3n) is 4.75. The minimum atomic E-state index is -3.74. The minimum Gasteiger partial charge on any atom is -0.497 e. The van der Waals surface area contributed by atoms with Crippen LogP contribution in [-0.4, -0.2) is 21.4 Å². The molecule has 0 heterocycles. The Hall–Kier alpha value is -3.32. The first-order chi connectivity index (χ1) is 14.3. The SMILES string of the molecule is CCc1cccc(C)c1NC(=O)c1ccc(NS(=O)(=O)c2ccc(OC)cc2)cc1. The summed E-state index contributed by atoms with van der Waals surface area (Å²) in [6, 6.07) is 18.3. The molecule has 3 aromatic rings. The molecule has 0 saturated carbocycles. The third-order valence-corrected chi connectivity index (χ3v) is 6.14. The number of benzene rings is 3. The van der Waals surface area contributed by atoms with Gasteiger partial charge in [-0.2, -0.15) is 0 Å². The summed E-state index contributed by atoms with van der Waals surface area (Å²) in [5, 5.41) is 2.96. The average molecular weight is 425 g/mol. The molecular formula is C23H24N2O4S. The molecule has 7 heteroatoms. The fourth-order valence-electron chi connectivity index (χ4n) is 3.05. The number of methoxy groups -OCH3 is 1. The molecule has 0 aliphatic heterocycles. The van der Waals surface area contributed by atoms with Gasteiger partial charge in [-0.25, -0.2) is 8.42 Å². The van der Waals surface area contributed by atoms with Crippen molar-refractivity contribution >= 4 is 27.3 Å². The number of aryl methyl sites for hydroxylation is 2. The van der Waals surface area contributed by atoms with Crippen LogP contribution in [0.15, 0.2) is 71.6 Å². The second-order valence-corrected chi connectivity index (χ2v) is 8.46. The average Bonchev–Trinajstić information content (AvgIpc) is 2.75. The van der Waals surface area contributed by atoms with Crippen molar-refractivity contribution < 1.29 is 17.9 Å². The lowest BCUT2D eigenvalue weighted by atomic mass is 10.1. The monoisotopic (exact) mass is 424 g/mol. The zero-order valence-corrected chi connectivity index (χ0v) is 17.9. The van der Waals surface area contributed by atoms with Crippen molar-refractivity contribution in [3.05, 3.63) is 83.4 Å². The molecule has 30 heavy (non-hydrogen) atoms. The van der Waals surface area contributed by atoms with E-state index in [1.54, 1.807) is 36.4 Å². The zero-order chi connectivity index (χ0) is 21.7. The first-order valence-electron chi connectivity index (χ1n) is 9.51. The maximum absolute atomic E-state index is 12.7. The predicted molar refractivity (Wildman–Crippen MR) is 119 cm³/mol. The molecule has 3 aromatic carbocycles. The number of sulfonamides is 1. The summed E-state index contributed by atoms with van der Waals surface area (Å²) in [4.78, 5) is 12.8. The molecule has 0 fully saturated rings. The summed E-state index contributed by atoms with van der Waals surface area (Å²) in [7, 11) is -2.23. The Balaban J connectivity index is 1.74. The van der Waals surface area contributed by atoms with Gasteiger partial charge in [0.05, 0.1) is 12.0 Å². The molecule has 0 aliphatic carbocycles. The molecule has 0 atom stereocenters. The van der Waals surface area contributed by atoms with Crippen LogP contribution < -0.4 is 14.8 Å². The van der Waals surface area contributed by atoms with E-state index in [2.05, 4.69) is 10.0 Å². The number of anilines is 2. The maximum atomic E-state index is 12.7. The van der Waals surface area contributed by atoms with Crippen LogP contribution in [0.4, 0.5) is 11.4 Å². The van der Waals surface area contributed by atoms with E-state index in [0.29, 0.717) is 17.0 Å². The number of nitrogens with one attached hydrogen (secondary N) is 2. The van der Waals surface area contributed by atoms with Crippen LogP contribution in [0.25, 0.3) is 0 Å². The second kappa shape index (κ2) is 9.00. The lowest BCUT2D eigenvalue weighted by Gasteiger charge is -2.13. The molecule has 0 unspecified atom stereocenters. The van der Waals surface area contributed by atoms with E-state index in [-0.39, 0.29) is 10.8 Å². The normalized spacial score (nSPS) is 11.0. The number of carbonyl (C=O) groups excluding carboxylic acids is 1. The number of ether oxygens (including phenoxy) is 1. The summed E-state index contributed by atoms with van der Waals surface area (Å²) < 4.78 is 32.6. The first kappa shape index (κ1) is 21.4. The number of para-hydroxylation sites is 1. The molecule has 156 valence electrons. The van der Waals surface area contributed by atoms with Crippen molar-refractivity contribution in [2.75, 3.05) is 17.1 Å². The van der Waals surface area contributed by atoms with Gasteiger partial charge in [-0.3, -0.25) is 9.52 Å². The molecule has 0 bridgehead atoms. The molecular weight excluding hydrogens is 400 g/mol. The number of amides is 1. The lowest BCUT2D eigenvalue weighted by molar-refractivity contribution is 0.102. The smallest absolute Gasteiger partial charge is 0.261 e. The topological polar surface area (TPSA) is 84.5 Å². The Morgan fingerprint density at radius 1 is 0.967 bits per heavy atom. The second-order valence-electron chi connectivity index (χ2n) is 6.78. The zero-order valence-electron chi connectivity index (χ0n) is 17.1. The fourth-order valence-corrected chi connectivity index (χ4v) is 4.10. The highest BCUT2D eigenvalue weighted by molar-refractivity contribution is 7.92. The summed E-state index contributed by atoms with van der Waals surface area (Å²) in [6.07, 6.45) is 0.809. The summed E-state index contributed by atoms with van der Waals surface area (Å²) >= 11 is 0. The van der Waals surface area contributed by atoms with Gasteiger partial charge in [0.25, 0.3) is 15.9 Å². The van der Waals surface area contributed by atoms with E-state index in [9.17, 15) is 13.2 Å². The maximum Gasteiger partial charge on any atom is 0.261 e. The molecule has 0 saturated heterocycles. The molecule has 3 rings (SSSR count). The van der Waals surface area contributed by atoms with Crippen LogP contribution in [0.1, 0.15) is 28.4 Å². The Bertz CT molecular complexity index is 1140. The predicted octanol–water partition coefficient (Wildman–Crippen LogP) is 4.62. The van der Waals surface area contributed by atoms with Gasteiger partial charge in [0.2, 0.25) is 0 Å². The van der Waals surface area contributed by atoms with Crippen LogP contribution in [-0.2, 0) is 16.4 Å². The number of rotatable bonds is 7. The summed E-state index contributed by atoms with van der Waals surface area (Å²) in [5.74, 6) is 0.327. The highest BCUT2D eigenvalue weighted by atomic mass is 32.2. The van der Waals surface area contributed by atoms with Gasteiger partial charge in [0, 0.05) is 16.9 Å². The number of hydrogen-bond donors (Lipinski definition) is 2. The van der Waals surface area contributed by atoms with Gasteiger partial charge in [0.15, 0.2) is 0 Å². The highest BCUT2D eigenvalue weighted by Crippen LogP contribution is 2.23. The van der Waals surface area contributed by atoms with Gasteiger partial charge < -0.3 is 10.1 Å². The van der Waals surface area contributed by atoms with Gasteiger partial charge >= 0.3 is 0 Å². The Labute approximate surface area is 177 Å². The quantitative estimate of drug-likeness (QED) is 0.580. The molecule has 0 spiro atoms. The van der Waals surface area contributed by atoms with E-state index >= 15 is 0 Å². The van der Waals surface area contributed by atoms with Crippen LogP contribution in [0, 0.1) is 6.92 Å². The van der Waals surface area contributed by atoms with Crippen molar-refractivity contribution in [2.45, 2.75) is 25.2 Å². The lowest BCUT2D eigenvalue weighted by Crippen LogP contribution is -2.15. The number of carbonyl (C=O) groups is 1. The van der Waals surface area contributed by atoms with Crippen molar-refractivity contribution in [1.82, 2.24) is 0 Å². The highest BCUT2D eigenvalue weighted by Gasteiger charge is 2.15. The van der Waals surface area contributed by atoms with E-state index < -0.39 is 10.0 Å². The van der Waals surface area contributed by atoms with Crippen LogP contribution >= 0.6 is 0 Å². The van der Waals surface area contributed by atoms with Crippen LogP contribution in [0.5, 0.6) is 5.75 Å². The first-order valence-corrected chi connectivity index (χ1v) is 11.0. The van der Waals surface area contributed by atoms with E-state index in [1.165, 1.54) is 19.2 Å². The van der Waals surface area contributed by atoms with E-state index in [4.69, 9.17) is 4.74 Å². The summed E-state index contributed by atoms with van der Waals surface area (Å²) in [5.41, 5.74) is 3.67. The van der Waals surface area contributed by atoms with E-state index in [1.807, 2.05) is 32.0 Å². The van der Waals surface area contributed by atoms with Gasteiger partial charge in [-0.05, 0) is 73.0 Å². The van der Waals surface area contributed by atoms with Crippen molar-refractivity contribution in [3.8, 4) is 5.75 Å². The third kappa shape index (κ3) is 4.80. The van der Waals surface area contributed by atoms with E-state index in [0.717, 1.165) is 23.2 Å². The fraction of sp³-hybridized carbons (Fsp3) is 0.174. The molecule has 6 nitrogen and oxygen atoms in total. The standard InChI is InChI=1S/C23H24N2O4S/c1-4-17-7-5-6-16(2)22(17)24-23(26)18-8-10-19(11-9-18)25-30(27,28)21-14-12-20(29-3)13-15-21/h5-15,25H,4H2,1-3H3,(H,24,26). The van der Waals surface area contributed by atoms with Gasteiger partial charge in [0.1, 0.15) is 5.75 Å². The molecule has 2 N–H and O–H groups in total. The van der Waals surface area contributed by atoms with Gasteiger partial charge in [-0.15, -0.1) is 0 Å². The summed E-state index contributed by atoms with van der Waals surface area (Å²) in [6.45, 7) is 3.99. The largest absolute Gasteiger partial charge is 0.497 e. The van der Waals surface area contributed by atoms with Crippen molar-refractivity contribution in [2.24, 2.45) is 0 Å². The van der Waals surface area contributed by atoms with Crippen LogP contribution in [0.2, 0.25) is 0 Å². The number of hydrogen-bond acceptors (Lipinski definition) is 4. The Morgan fingerprint density at radius 3 is 2.23 bits per heavy atom. The van der Waals surface area contributed by atoms with Crippen molar-refractivity contribution in [3.63, 3.8) is 0 Å². The molecule has 0 aromatic heterocycles. The van der Waals surface area contributed by atoms with Crippen LogP contribution in [0.3, 0.4) is 0 Å². The molecule has 0 radical (unpaired) electrons. The Morgan fingerprint density at radius 2 is 1.63 bits per heavy atom. The minimum absolute atomic E-state index is 0.122. The van der Waals surface area contributed by atoms with Gasteiger partial charge in [-0.1, -0.05) is 25.1 Å².